The molecule has 0 bridgehead atoms. The molecular formula is C13H24N2O4S. The fraction of sp³-hybridized carbons (Fsp3) is 0.923. The molecule has 20 heavy (non-hydrogen) atoms. The van der Waals surface area contributed by atoms with Crippen LogP contribution in [-0.2, 0) is 19.6 Å². The van der Waals surface area contributed by atoms with Gasteiger partial charge in [-0.25, -0.2) is 12.7 Å². The van der Waals surface area contributed by atoms with Crippen LogP contribution in [0.5, 0.6) is 0 Å². The minimum absolute atomic E-state index is 0.0872. The van der Waals surface area contributed by atoms with Gasteiger partial charge in [-0.15, -0.1) is 0 Å². The molecule has 116 valence electrons. The van der Waals surface area contributed by atoms with E-state index < -0.39 is 27.2 Å². The Morgan fingerprint density at radius 2 is 1.75 bits per heavy atom. The second-order valence-electron chi connectivity index (χ2n) is 5.73. The van der Waals surface area contributed by atoms with Crippen molar-refractivity contribution in [3.05, 3.63) is 0 Å². The molecule has 2 atom stereocenters. The number of carbonyl (C=O) groups is 1. The van der Waals surface area contributed by atoms with Crippen molar-refractivity contribution in [1.82, 2.24) is 4.31 Å². The second kappa shape index (κ2) is 6.41. The summed E-state index contributed by atoms with van der Waals surface area (Å²) in [5.74, 6) is -0.915. The van der Waals surface area contributed by atoms with Crippen molar-refractivity contribution in [2.75, 3.05) is 20.2 Å². The molecule has 6 nitrogen and oxygen atoms in total. The summed E-state index contributed by atoms with van der Waals surface area (Å²) in [6, 6.07) is 0.0872. The molecule has 1 heterocycles. The number of ether oxygens (including phenoxy) is 1. The Kier molecular flexibility index (Phi) is 5.04. The zero-order chi connectivity index (χ0) is 14.8. The van der Waals surface area contributed by atoms with Gasteiger partial charge >= 0.3 is 5.97 Å². The van der Waals surface area contributed by atoms with Crippen molar-refractivity contribution < 1.29 is 17.9 Å². The molecule has 2 aliphatic rings. The molecule has 0 aromatic carbocycles. The molecule has 0 amide bonds. The quantitative estimate of drug-likeness (QED) is 0.766. The molecule has 0 aromatic rings. The van der Waals surface area contributed by atoms with Crippen LogP contribution in [0.4, 0.5) is 0 Å². The largest absolute Gasteiger partial charge is 0.469 e. The first-order chi connectivity index (χ1) is 9.46. The third-order valence-electron chi connectivity index (χ3n) is 4.45. The summed E-state index contributed by atoms with van der Waals surface area (Å²) >= 11 is 0. The number of esters is 1. The number of hydrogen-bond donors (Lipinski definition) is 1. The van der Waals surface area contributed by atoms with Crippen LogP contribution < -0.4 is 5.73 Å². The van der Waals surface area contributed by atoms with E-state index in [1.54, 1.807) is 0 Å². The van der Waals surface area contributed by atoms with Gasteiger partial charge in [0.1, 0.15) is 0 Å². The lowest BCUT2D eigenvalue weighted by molar-refractivity contribution is -0.146. The smallest absolute Gasteiger partial charge is 0.310 e. The molecule has 0 spiro atoms. The van der Waals surface area contributed by atoms with E-state index in [-0.39, 0.29) is 6.04 Å². The van der Waals surface area contributed by atoms with Crippen LogP contribution >= 0.6 is 0 Å². The number of sulfonamides is 1. The highest BCUT2D eigenvalue weighted by molar-refractivity contribution is 7.89. The van der Waals surface area contributed by atoms with E-state index in [9.17, 15) is 13.2 Å². The predicted molar refractivity (Wildman–Crippen MR) is 75.5 cm³/mol. The lowest BCUT2D eigenvalue weighted by Gasteiger charge is -2.36. The predicted octanol–water partition coefficient (Wildman–Crippen LogP) is 0.471. The van der Waals surface area contributed by atoms with E-state index in [0.717, 1.165) is 12.8 Å². The van der Waals surface area contributed by atoms with E-state index in [4.69, 9.17) is 10.5 Å². The summed E-state index contributed by atoms with van der Waals surface area (Å²) in [5, 5.41) is -0.627. The average molecular weight is 304 g/mol. The monoisotopic (exact) mass is 304 g/mol. The topological polar surface area (TPSA) is 89.7 Å². The standard InChI is InChI=1S/C13H24N2O4S/c1-19-13(16)11-4-2-3-5-12(11)20(17,18)15-8-6-10(14)7-9-15/h10-12H,2-9,14H2,1H3. The number of piperidine rings is 1. The summed E-state index contributed by atoms with van der Waals surface area (Å²) in [5.41, 5.74) is 5.82. The van der Waals surface area contributed by atoms with Crippen molar-refractivity contribution >= 4 is 16.0 Å². The number of carbonyl (C=O) groups excluding carboxylic acids is 1. The van der Waals surface area contributed by atoms with Gasteiger partial charge in [0.25, 0.3) is 0 Å². The van der Waals surface area contributed by atoms with Crippen LogP contribution in [0.25, 0.3) is 0 Å². The molecule has 1 saturated heterocycles. The maximum absolute atomic E-state index is 12.8. The Bertz CT molecular complexity index is 443. The number of hydrogen-bond acceptors (Lipinski definition) is 5. The fourth-order valence-corrected chi connectivity index (χ4v) is 5.43. The molecule has 0 aromatic heterocycles. The zero-order valence-electron chi connectivity index (χ0n) is 12.0. The van der Waals surface area contributed by atoms with Gasteiger partial charge in [-0.2, -0.15) is 0 Å². The molecule has 2 rings (SSSR count). The van der Waals surface area contributed by atoms with E-state index in [2.05, 4.69) is 0 Å². The minimum atomic E-state index is -3.44. The van der Waals surface area contributed by atoms with Crippen molar-refractivity contribution in [3.63, 3.8) is 0 Å². The van der Waals surface area contributed by atoms with Gasteiger partial charge in [0, 0.05) is 19.1 Å². The first-order valence-electron chi connectivity index (χ1n) is 7.29. The van der Waals surface area contributed by atoms with Gasteiger partial charge in [0.05, 0.1) is 18.3 Å². The van der Waals surface area contributed by atoms with Gasteiger partial charge in [0.15, 0.2) is 0 Å². The lowest BCUT2D eigenvalue weighted by Crippen LogP contribution is -2.50. The molecule has 2 unspecified atom stereocenters. The van der Waals surface area contributed by atoms with Crippen molar-refractivity contribution in [1.29, 1.82) is 0 Å². The third-order valence-corrected chi connectivity index (χ3v) is 6.86. The van der Waals surface area contributed by atoms with Crippen molar-refractivity contribution in [2.45, 2.75) is 49.8 Å². The summed E-state index contributed by atoms with van der Waals surface area (Å²) in [6.07, 6.45) is 4.26. The van der Waals surface area contributed by atoms with Gasteiger partial charge in [-0.1, -0.05) is 12.8 Å². The van der Waals surface area contributed by atoms with Gasteiger partial charge in [-0.05, 0) is 25.7 Å². The van der Waals surface area contributed by atoms with Crippen LogP contribution in [-0.4, -0.2) is 50.2 Å². The SMILES string of the molecule is COC(=O)C1CCCCC1S(=O)(=O)N1CCC(N)CC1. The summed E-state index contributed by atoms with van der Waals surface area (Å²) in [6.45, 7) is 0.932. The number of nitrogens with two attached hydrogens (primary N) is 1. The van der Waals surface area contributed by atoms with Gasteiger partial charge in [0.2, 0.25) is 10.0 Å². The Balaban J connectivity index is 2.15. The molecule has 1 saturated carbocycles. The molecular weight excluding hydrogens is 280 g/mol. The number of methoxy groups -OCH3 is 1. The van der Waals surface area contributed by atoms with Gasteiger partial charge in [-0.3, -0.25) is 4.79 Å². The van der Waals surface area contributed by atoms with Crippen LogP contribution in [0.15, 0.2) is 0 Å². The van der Waals surface area contributed by atoms with E-state index >= 15 is 0 Å². The van der Waals surface area contributed by atoms with Crippen molar-refractivity contribution in [2.24, 2.45) is 11.7 Å². The van der Waals surface area contributed by atoms with Gasteiger partial charge < -0.3 is 10.5 Å². The summed E-state index contributed by atoms with van der Waals surface area (Å²) in [7, 11) is -2.12. The molecule has 7 heteroatoms. The van der Waals surface area contributed by atoms with E-state index in [1.807, 2.05) is 0 Å². The van der Waals surface area contributed by atoms with Crippen molar-refractivity contribution in [3.8, 4) is 0 Å². The molecule has 2 fully saturated rings. The third kappa shape index (κ3) is 3.15. The van der Waals surface area contributed by atoms with Crippen LogP contribution in [0.2, 0.25) is 0 Å². The number of nitrogens with zero attached hydrogens (tertiary/aromatic N) is 1. The summed E-state index contributed by atoms with van der Waals surface area (Å²) < 4.78 is 31.8. The highest BCUT2D eigenvalue weighted by atomic mass is 32.2. The van der Waals surface area contributed by atoms with Crippen LogP contribution in [0, 0.1) is 5.92 Å². The first-order valence-corrected chi connectivity index (χ1v) is 8.79. The zero-order valence-corrected chi connectivity index (χ0v) is 12.8. The van der Waals surface area contributed by atoms with Crippen LogP contribution in [0.3, 0.4) is 0 Å². The first kappa shape index (κ1) is 15.7. The minimum Gasteiger partial charge on any atom is -0.469 e. The highest BCUT2D eigenvalue weighted by Gasteiger charge is 2.43. The Morgan fingerprint density at radius 1 is 1.15 bits per heavy atom. The molecule has 0 radical (unpaired) electrons. The second-order valence-corrected chi connectivity index (χ2v) is 7.89. The Hall–Kier alpha value is -0.660. The molecule has 1 aliphatic heterocycles. The normalized spacial score (nSPS) is 30.1. The lowest BCUT2D eigenvalue weighted by atomic mass is 9.89. The Morgan fingerprint density at radius 3 is 2.35 bits per heavy atom. The fourth-order valence-electron chi connectivity index (χ4n) is 3.20. The van der Waals surface area contributed by atoms with E-state index in [0.29, 0.717) is 38.8 Å². The summed E-state index contributed by atoms with van der Waals surface area (Å²) in [4.78, 5) is 11.8. The van der Waals surface area contributed by atoms with E-state index in [1.165, 1.54) is 11.4 Å². The van der Waals surface area contributed by atoms with Crippen LogP contribution in [0.1, 0.15) is 38.5 Å². The Labute approximate surface area is 120 Å². The number of rotatable bonds is 3. The highest BCUT2D eigenvalue weighted by Crippen LogP contribution is 2.33. The molecule has 1 aliphatic carbocycles. The molecule has 2 N–H and O–H groups in total. The maximum atomic E-state index is 12.8. The average Bonchev–Trinajstić information content (AvgIpc) is 2.47. The maximum Gasteiger partial charge on any atom is 0.310 e.